The molecule has 29 heavy (non-hydrogen) atoms. The Kier molecular flexibility index (Phi) is 4.59. The molecule has 3 aromatic rings. The summed E-state index contributed by atoms with van der Waals surface area (Å²) in [4.78, 5) is 12.0. The lowest BCUT2D eigenvalue weighted by molar-refractivity contribution is 0.0904. The first-order valence-electron chi connectivity index (χ1n) is 10.0. The van der Waals surface area contributed by atoms with Gasteiger partial charge in [0.25, 0.3) is 0 Å². The topological polar surface area (TPSA) is 120 Å². The minimum Gasteiger partial charge on any atom is -0.494 e. The molecule has 9 heteroatoms. The van der Waals surface area contributed by atoms with Gasteiger partial charge in [0.2, 0.25) is 0 Å². The molecule has 0 unspecified atom stereocenters. The van der Waals surface area contributed by atoms with Gasteiger partial charge in [0.1, 0.15) is 5.82 Å². The molecule has 5 rings (SSSR count). The van der Waals surface area contributed by atoms with E-state index >= 15 is 0 Å². The van der Waals surface area contributed by atoms with Crippen molar-refractivity contribution in [1.29, 1.82) is 0 Å². The number of hydrogen-bond acceptors (Lipinski definition) is 7. The van der Waals surface area contributed by atoms with Gasteiger partial charge in [-0.1, -0.05) is 0 Å². The van der Waals surface area contributed by atoms with Crippen LogP contribution < -0.4 is 16.0 Å². The molecule has 2 aliphatic rings. The predicted octanol–water partition coefficient (Wildman–Crippen LogP) is 0.918. The monoisotopic (exact) mass is 396 g/mol. The van der Waals surface area contributed by atoms with Crippen LogP contribution in [-0.4, -0.2) is 55.6 Å². The molecule has 0 radical (unpaired) electrons. The average Bonchev–Trinajstić information content (AvgIpc) is 3.38. The summed E-state index contributed by atoms with van der Waals surface area (Å²) in [7, 11) is 0. The number of aromatic amines is 1. The molecule has 3 aromatic heterocycles. The molecule has 4 heterocycles. The molecule has 0 bridgehead atoms. The first kappa shape index (κ1) is 18.0. The van der Waals surface area contributed by atoms with E-state index in [-0.39, 0.29) is 11.8 Å². The van der Waals surface area contributed by atoms with Crippen LogP contribution in [-0.2, 0) is 4.74 Å². The fraction of sp³-hybridized carbons (Fsp3) is 0.450. The lowest BCUT2D eigenvalue weighted by Crippen LogP contribution is -2.29. The number of anilines is 1. The lowest BCUT2D eigenvalue weighted by atomic mass is 10.1. The molecule has 0 amide bonds. The molecule has 152 valence electrons. The summed E-state index contributed by atoms with van der Waals surface area (Å²) in [5, 5.41) is 28.2. The number of aromatic nitrogens is 4. The molecular formula is C20H24N6O3. The van der Waals surface area contributed by atoms with Gasteiger partial charge < -0.3 is 20.3 Å². The van der Waals surface area contributed by atoms with Gasteiger partial charge in [-0.25, -0.2) is 4.98 Å². The Morgan fingerprint density at radius 3 is 2.79 bits per heavy atom. The van der Waals surface area contributed by atoms with Crippen LogP contribution in [0.1, 0.15) is 31.2 Å². The Labute approximate surface area is 166 Å². The van der Waals surface area contributed by atoms with Gasteiger partial charge in [-0.3, -0.25) is 9.98 Å². The Morgan fingerprint density at radius 1 is 1.24 bits per heavy atom. The van der Waals surface area contributed by atoms with Gasteiger partial charge in [-0.05, 0) is 37.7 Å². The number of fused-ring (bicyclic) bond motifs is 1. The molecule has 2 fully saturated rings. The largest absolute Gasteiger partial charge is 0.494 e. The van der Waals surface area contributed by atoms with Crippen molar-refractivity contribution in [2.45, 2.75) is 31.7 Å². The first-order chi connectivity index (χ1) is 14.2. The van der Waals surface area contributed by atoms with Crippen molar-refractivity contribution in [1.82, 2.24) is 19.6 Å². The van der Waals surface area contributed by atoms with Crippen LogP contribution in [0.4, 0.5) is 5.82 Å². The smallest absolute Gasteiger partial charge is 0.198 e. The third-order valence-corrected chi connectivity index (χ3v) is 5.39. The summed E-state index contributed by atoms with van der Waals surface area (Å²) in [6, 6.07) is 3.72. The van der Waals surface area contributed by atoms with E-state index in [9.17, 15) is 10.2 Å². The summed E-state index contributed by atoms with van der Waals surface area (Å²) in [5.74, 6) is 1.24. The normalized spacial score (nSPS) is 19.3. The highest BCUT2D eigenvalue weighted by Gasteiger charge is 2.20. The van der Waals surface area contributed by atoms with E-state index in [4.69, 9.17) is 14.7 Å². The first-order valence-corrected chi connectivity index (χ1v) is 10.0. The number of rotatable bonds is 5. The summed E-state index contributed by atoms with van der Waals surface area (Å²) in [6.45, 7) is 2.29. The van der Waals surface area contributed by atoms with Crippen LogP contribution in [0, 0.1) is 5.92 Å². The second-order valence-electron chi connectivity index (χ2n) is 7.75. The molecule has 0 spiro atoms. The van der Waals surface area contributed by atoms with Crippen LogP contribution in [0.25, 0.3) is 11.7 Å². The molecule has 1 saturated heterocycles. The van der Waals surface area contributed by atoms with Crippen LogP contribution >= 0.6 is 0 Å². The lowest BCUT2D eigenvalue weighted by Gasteiger charge is -2.23. The van der Waals surface area contributed by atoms with Crippen molar-refractivity contribution in [3.63, 3.8) is 0 Å². The van der Waals surface area contributed by atoms with E-state index in [0.717, 1.165) is 49.1 Å². The van der Waals surface area contributed by atoms with E-state index < -0.39 is 0 Å². The molecule has 1 aliphatic carbocycles. The minimum atomic E-state index is -0.100. The summed E-state index contributed by atoms with van der Waals surface area (Å²) >= 11 is 0. The van der Waals surface area contributed by atoms with Gasteiger partial charge in [0.05, 0.1) is 6.20 Å². The van der Waals surface area contributed by atoms with Crippen molar-refractivity contribution < 1.29 is 14.9 Å². The van der Waals surface area contributed by atoms with E-state index in [0.29, 0.717) is 23.2 Å². The van der Waals surface area contributed by atoms with Gasteiger partial charge in [0.15, 0.2) is 22.9 Å². The molecule has 9 nitrogen and oxygen atoms in total. The Balaban J connectivity index is 1.59. The zero-order valence-corrected chi connectivity index (χ0v) is 16.0. The maximum atomic E-state index is 9.94. The highest BCUT2D eigenvalue weighted by atomic mass is 16.5. The van der Waals surface area contributed by atoms with Crippen LogP contribution in [0.2, 0.25) is 0 Å². The quantitative estimate of drug-likeness (QED) is 0.509. The van der Waals surface area contributed by atoms with Crippen molar-refractivity contribution in [3.05, 3.63) is 34.6 Å². The highest BCUT2D eigenvalue weighted by Crippen LogP contribution is 2.28. The fourth-order valence-electron chi connectivity index (χ4n) is 3.55. The van der Waals surface area contributed by atoms with Crippen LogP contribution in [0.3, 0.4) is 0 Å². The van der Waals surface area contributed by atoms with E-state index in [1.54, 1.807) is 16.8 Å². The highest BCUT2D eigenvalue weighted by molar-refractivity contribution is 5.62. The molecule has 0 aromatic carbocycles. The van der Waals surface area contributed by atoms with Crippen molar-refractivity contribution in [3.8, 4) is 11.8 Å². The van der Waals surface area contributed by atoms with E-state index in [2.05, 4.69) is 15.4 Å². The van der Waals surface area contributed by atoms with Crippen LogP contribution in [0.15, 0.2) is 23.3 Å². The SMILES string of the molecule is Oc1cc(C=c2cnn3c(=NCC4CC4)cc(NC4CCOCC4)nc23)c(O)[nH]1. The zero-order valence-electron chi connectivity index (χ0n) is 16.0. The third-order valence-electron chi connectivity index (χ3n) is 5.39. The Hall–Kier alpha value is -3.07. The number of ether oxygens (including phenoxy) is 1. The van der Waals surface area contributed by atoms with Crippen molar-refractivity contribution >= 4 is 17.5 Å². The Morgan fingerprint density at radius 2 is 2.07 bits per heavy atom. The fourth-order valence-corrected chi connectivity index (χ4v) is 3.55. The number of H-pyrrole nitrogens is 1. The molecule has 4 N–H and O–H groups in total. The van der Waals surface area contributed by atoms with Crippen LogP contribution in [0.5, 0.6) is 11.8 Å². The van der Waals surface area contributed by atoms with Gasteiger partial charge in [-0.15, -0.1) is 0 Å². The maximum absolute atomic E-state index is 9.94. The van der Waals surface area contributed by atoms with Gasteiger partial charge in [0, 0.05) is 48.7 Å². The van der Waals surface area contributed by atoms with Gasteiger partial charge >= 0.3 is 0 Å². The molecule has 0 atom stereocenters. The zero-order chi connectivity index (χ0) is 19.8. The van der Waals surface area contributed by atoms with Gasteiger partial charge in [-0.2, -0.15) is 9.61 Å². The number of hydrogen-bond donors (Lipinski definition) is 4. The average molecular weight is 396 g/mol. The maximum Gasteiger partial charge on any atom is 0.198 e. The standard InChI is InChI=1S/C20H24N6O3/c27-18-8-13(20(28)25-18)7-14-11-22-26-17(21-10-12-1-2-12)9-16(24-19(14)26)23-15-3-5-29-6-4-15/h7-9,11-12,15,23,25,27-28H,1-6,10H2. The van der Waals surface area contributed by atoms with Crippen molar-refractivity contribution in [2.75, 3.05) is 25.1 Å². The second kappa shape index (κ2) is 7.40. The predicted molar refractivity (Wildman–Crippen MR) is 107 cm³/mol. The molecular weight excluding hydrogens is 372 g/mol. The second-order valence-corrected chi connectivity index (χ2v) is 7.75. The molecule has 1 saturated carbocycles. The summed E-state index contributed by atoms with van der Waals surface area (Å²) in [5.41, 5.74) is 1.88. The number of nitrogens with one attached hydrogen (secondary N) is 2. The minimum absolute atomic E-state index is 0.0971. The Bertz CT molecular complexity index is 1140. The summed E-state index contributed by atoms with van der Waals surface area (Å²) < 4.78 is 7.17. The molecule has 1 aliphatic heterocycles. The number of aromatic hydroxyl groups is 2. The number of nitrogens with zero attached hydrogens (tertiary/aromatic N) is 4. The van der Waals surface area contributed by atoms with E-state index in [1.807, 2.05) is 6.07 Å². The third kappa shape index (κ3) is 3.91. The summed E-state index contributed by atoms with van der Waals surface area (Å²) in [6.07, 6.45) is 7.79. The van der Waals surface area contributed by atoms with E-state index in [1.165, 1.54) is 18.9 Å². The van der Waals surface area contributed by atoms with Crippen molar-refractivity contribution in [2.24, 2.45) is 10.9 Å².